The Morgan fingerprint density at radius 3 is 2.11 bits per heavy atom. The maximum atomic E-state index is 13.7. The molecule has 0 saturated carbocycles. The van der Waals surface area contributed by atoms with Crippen molar-refractivity contribution in [1.29, 1.82) is 0 Å². The first-order valence-electron chi connectivity index (χ1n) is 12.1. The molecule has 192 valence electrons. The first-order valence-corrected chi connectivity index (χ1v) is 13.9. The van der Waals surface area contributed by atoms with E-state index < -0.39 is 28.5 Å². The van der Waals surface area contributed by atoms with Crippen molar-refractivity contribution in [1.82, 2.24) is 10.2 Å². The summed E-state index contributed by atoms with van der Waals surface area (Å²) in [5.41, 5.74) is 3.26. The molecule has 2 amide bonds. The average molecular weight is 502 g/mol. The van der Waals surface area contributed by atoms with Crippen molar-refractivity contribution in [2.75, 3.05) is 17.1 Å². The monoisotopic (exact) mass is 501 g/mol. The summed E-state index contributed by atoms with van der Waals surface area (Å²) in [6.45, 7) is 11.3. The Labute approximate surface area is 210 Å². The highest BCUT2D eigenvalue weighted by Crippen LogP contribution is 2.29. The van der Waals surface area contributed by atoms with Crippen LogP contribution in [-0.2, 0) is 26.2 Å². The number of benzene rings is 2. The number of carbonyl (C=O) groups excluding carboxylic acids is 2. The molecule has 0 aromatic heterocycles. The number of anilines is 1. The van der Waals surface area contributed by atoms with Crippen LogP contribution < -0.4 is 9.62 Å². The standard InChI is InChI=1S/C27H39N3O4S/c1-8-21(5)28-27(32)22(6)29(17-23-15-13-20(4)14-16-23)26(31)18-30(35(7,33)34)25-12-10-9-11-24(25)19(2)3/h9-16,19,21-22H,8,17-18H2,1-7H3,(H,28,32)/t21-,22+/m1/s1. The van der Waals surface area contributed by atoms with Crippen LogP contribution >= 0.6 is 0 Å². The van der Waals surface area contributed by atoms with Gasteiger partial charge in [-0.2, -0.15) is 0 Å². The first kappa shape index (κ1) is 28.4. The molecule has 7 nitrogen and oxygen atoms in total. The number of hydrogen-bond acceptors (Lipinski definition) is 4. The second-order valence-electron chi connectivity index (χ2n) is 9.48. The lowest BCUT2D eigenvalue weighted by Gasteiger charge is -2.32. The van der Waals surface area contributed by atoms with Crippen molar-refractivity contribution in [3.63, 3.8) is 0 Å². The van der Waals surface area contributed by atoms with E-state index in [1.54, 1.807) is 19.1 Å². The van der Waals surface area contributed by atoms with E-state index in [1.807, 2.05) is 71.0 Å². The van der Waals surface area contributed by atoms with Crippen LogP contribution in [0.25, 0.3) is 0 Å². The van der Waals surface area contributed by atoms with Gasteiger partial charge >= 0.3 is 0 Å². The molecule has 0 aliphatic carbocycles. The molecule has 0 aliphatic rings. The molecule has 2 aromatic rings. The topological polar surface area (TPSA) is 86.8 Å². The molecule has 0 unspecified atom stereocenters. The molecule has 0 spiro atoms. The van der Waals surface area contributed by atoms with E-state index in [-0.39, 0.29) is 24.4 Å². The number of amides is 2. The molecule has 8 heteroatoms. The second kappa shape index (κ2) is 12.2. The maximum Gasteiger partial charge on any atom is 0.244 e. The van der Waals surface area contributed by atoms with Gasteiger partial charge in [0.05, 0.1) is 11.9 Å². The van der Waals surface area contributed by atoms with Crippen molar-refractivity contribution in [2.45, 2.75) is 72.5 Å². The van der Waals surface area contributed by atoms with Gasteiger partial charge in [0.1, 0.15) is 12.6 Å². The Morgan fingerprint density at radius 1 is 0.971 bits per heavy atom. The molecule has 0 radical (unpaired) electrons. The van der Waals surface area contributed by atoms with Gasteiger partial charge in [0.25, 0.3) is 0 Å². The minimum atomic E-state index is -3.76. The van der Waals surface area contributed by atoms with Crippen LogP contribution in [0, 0.1) is 6.92 Å². The van der Waals surface area contributed by atoms with E-state index in [2.05, 4.69) is 5.32 Å². The van der Waals surface area contributed by atoms with Crippen LogP contribution in [0.1, 0.15) is 63.6 Å². The molecule has 0 bridgehead atoms. The maximum absolute atomic E-state index is 13.7. The van der Waals surface area contributed by atoms with Crippen LogP contribution in [0.4, 0.5) is 5.69 Å². The highest BCUT2D eigenvalue weighted by molar-refractivity contribution is 7.92. The zero-order valence-electron chi connectivity index (χ0n) is 21.9. The smallest absolute Gasteiger partial charge is 0.244 e. The molecule has 2 rings (SSSR count). The van der Waals surface area contributed by atoms with Gasteiger partial charge in [-0.05, 0) is 50.3 Å². The van der Waals surface area contributed by atoms with Crippen LogP contribution in [0.5, 0.6) is 0 Å². The van der Waals surface area contributed by atoms with Crippen LogP contribution in [0.3, 0.4) is 0 Å². The van der Waals surface area contributed by atoms with E-state index in [0.717, 1.165) is 33.7 Å². The molecule has 0 fully saturated rings. The molecule has 2 atom stereocenters. The SMILES string of the molecule is CC[C@@H](C)NC(=O)[C@H](C)N(Cc1ccc(C)cc1)C(=O)CN(c1ccccc1C(C)C)S(C)(=O)=O. The third-order valence-corrected chi connectivity index (χ3v) is 7.27. The summed E-state index contributed by atoms with van der Waals surface area (Å²) in [6.07, 6.45) is 1.86. The number of hydrogen-bond donors (Lipinski definition) is 1. The number of nitrogens with one attached hydrogen (secondary N) is 1. The molecule has 2 aromatic carbocycles. The normalized spacial score (nSPS) is 13.3. The Bertz CT molecular complexity index is 1110. The highest BCUT2D eigenvalue weighted by Gasteiger charge is 2.31. The third-order valence-electron chi connectivity index (χ3n) is 6.15. The zero-order valence-corrected chi connectivity index (χ0v) is 22.7. The predicted molar refractivity (Wildman–Crippen MR) is 142 cm³/mol. The second-order valence-corrected chi connectivity index (χ2v) is 11.4. The molecule has 1 N–H and O–H groups in total. The Balaban J connectivity index is 2.44. The fraction of sp³-hybridized carbons (Fsp3) is 0.481. The number of aryl methyl sites for hydroxylation is 1. The van der Waals surface area contributed by atoms with Gasteiger partial charge in [-0.3, -0.25) is 13.9 Å². The quantitative estimate of drug-likeness (QED) is 0.500. The number of sulfonamides is 1. The molecular weight excluding hydrogens is 462 g/mol. The van der Waals surface area contributed by atoms with Crippen molar-refractivity contribution in [3.8, 4) is 0 Å². The Morgan fingerprint density at radius 2 is 1.57 bits per heavy atom. The average Bonchev–Trinajstić information content (AvgIpc) is 2.80. The van der Waals surface area contributed by atoms with E-state index in [0.29, 0.717) is 5.69 Å². The van der Waals surface area contributed by atoms with Crippen molar-refractivity contribution < 1.29 is 18.0 Å². The predicted octanol–water partition coefficient (Wildman–Crippen LogP) is 4.22. The highest BCUT2D eigenvalue weighted by atomic mass is 32.2. The zero-order chi connectivity index (χ0) is 26.3. The summed E-state index contributed by atoms with van der Waals surface area (Å²) in [6, 6.07) is 14.1. The van der Waals surface area contributed by atoms with Gasteiger partial charge < -0.3 is 10.2 Å². The lowest BCUT2D eigenvalue weighted by atomic mass is 10.0. The number of rotatable bonds is 11. The fourth-order valence-corrected chi connectivity index (χ4v) is 4.60. The van der Waals surface area contributed by atoms with Gasteiger partial charge in [-0.15, -0.1) is 0 Å². The molecule has 0 aliphatic heterocycles. The summed E-state index contributed by atoms with van der Waals surface area (Å²) in [5, 5.41) is 2.93. The van der Waals surface area contributed by atoms with Crippen molar-refractivity contribution in [3.05, 3.63) is 65.2 Å². The van der Waals surface area contributed by atoms with Crippen molar-refractivity contribution in [2.24, 2.45) is 0 Å². The molecule has 0 heterocycles. The third kappa shape index (κ3) is 7.82. The summed E-state index contributed by atoms with van der Waals surface area (Å²) >= 11 is 0. The van der Waals surface area contributed by atoms with Gasteiger partial charge in [0.2, 0.25) is 21.8 Å². The summed E-state index contributed by atoms with van der Waals surface area (Å²) < 4.78 is 26.8. The van der Waals surface area contributed by atoms with E-state index in [9.17, 15) is 18.0 Å². The van der Waals surface area contributed by atoms with Gasteiger partial charge in [-0.1, -0.05) is 68.8 Å². The largest absolute Gasteiger partial charge is 0.352 e. The summed E-state index contributed by atoms with van der Waals surface area (Å²) in [5.74, 6) is -0.649. The van der Waals surface area contributed by atoms with Crippen LogP contribution in [-0.4, -0.2) is 50.0 Å². The summed E-state index contributed by atoms with van der Waals surface area (Å²) in [7, 11) is -3.76. The molecule has 0 saturated heterocycles. The fourth-order valence-electron chi connectivity index (χ4n) is 3.74. The molecular formula is C27H39N3O4S. The lowest BCUT2D eigenvalue weighted by molar-refractivity contribution is -0.139. The Kier molecular flexibility index (Phi) is 9.89. The van der Waals surface area contributed by atoms with E-state index in [4.69, 9.17) is 0 Å². The number of nitrogens with zero attached hydrogens (tertiary/aromatic N) is 2. The minimum Gasteiger partial charge on any atom is -0.352 e. The van der Waals surface area contributed by atoms with Crippen molar-refractivity contribution >= 4 is 27.5 Å². The van der Waals surface area contributed by atoms with Gasteiger partial charge in [0.15, 0.2) is 0 Å². The Hall–Kier alpha value is -2.87. The summed E-state index contributed by atoms with van der Waals surface area (Å²) in [4.78, 5) is 28.1. The lowest BCUT2D eigenvalue weighted by Crippen LogP contribution is -2.52. The number of carbonyl (C=O) groups is 2. The molecule has 35 heavy (non-hydrogen) atoms. The number of para-hydroxylation sites is 1. The minimum absolute atomic E-state index is 0.0355. The first-order chi connectivity index (χ1) is 16.3. The van der Waals surface area contributed by atoms with E-state index in [1.165, 1.54) is 4.90 Å². The van der Waals surface area contributed by atoms with Crippen LogP contribution in [0.15, 0.2) is 48.5 Å². The van der Waals surface area contributed by atoms with Gasteiger partial charge in [0, 0.05) is 12.6 Å². The van der Waals surface area contributed by atoms with E-state index >= 15 is 0 Å². The van der Waals surface area contributed by atoms with Crippen LogP contribution in [0.2, 0.25) is 0 Å². The van der Waals surface area contributed by atoms with Gasteiger partial charge in [-0.25, -0.2) is 8.42 Å².